The van der Waals surface area contributed by atoms with Gasteiger partial charge in [-0.05, 0) is 0 Å². The molecule has 0 saturated carbocycles. The van der Waals surface area contributed by atoms with Crippen LogP contribution in [0, 0.1) is 0 Å². The Bertz CT molecular complexity index is 542. The van der Waals surface area contributed by atoms with E-state index in [-0.39, 0.29) is 56.0 Å². The van der Waals surface area contributed by atoms with Crippen LogP contribution in [0.4, 0.5) is 0 Å². The second-order valence-corrected chi connectivity index (χ2v) is 2.40. The van der Waals surface area contributed by atoms with Gasteiger partial charge in [0.2, 0.25) is 11.2 Å². The van der Waals surface area contributed by atoms with E-state index in [9.17, 15) is 9.59 Å². The maximum atomic E-state index is 11.1. The van der Waals surface area contributed by atoms with Crippen LogP contribution < -0.4 is 16.2 Å². The number of fused-ring (bicyclic) bond motifs is 1. The molecule has 13 heavy (non-hydrogen) atoms. The summed E-state index contributed by atoms with van der Waals surface area (Å²) in [5, 5.41) is 0. The van der Waals surface area contributed by atoms with Gasteiger partial charge in [-0.25, -0.2) is 0 Å². The molecule has 0 atom stereocenters. The summed E-state index contributed by atoms with van der Waals surface area (Å²) in [5.41, 5.74) is -0.614. The van der Waals surface area contributed by atoms with Crippen molar-refractivity contribution in [2.24, 2.45) is 7.05 Å². The number of aromatic nitrogens is 4. The molecule has 2 rings (SSSR count). The zero-order valence-electron chi connectivity index (χ0n) is 7.94. The average Bonchev–Trinajstić information content (AvgIpc) is 2.31. The Hall–Kier alpha value is -0.279. The first-order valence-corrected chi connectivity index (χ1v) is 3.27. The summed E-state index contributed by atoms with van der Waals surface area (Å²) >= 11 is 0. The van der Waals surface area contributed by atoms with Gasteiger partial charge in [0.1, 0.15) is 5.52 Å². The summed E-state index contributed by atoms with van der Waals surface area (Å²) in [6.45, 7) is 0. The van der Waals surface area contributed by atoms with Gasteiger partial charge in [0, 0.05) is 19.0 Å². The quantitative estimate of drug-likeness (QED) is 0.589. The Morgan fingerprint density at radius 3 is 3.00 bits per heavy atom. The number of hydrogen-bond donors (Lipinski definition) is 1. The molecular weight excluding hydrogens is 297 g/mol. The first-order chi connectivity index (χ1) is 5.68. The Morgan fingerprint density at radius 1 is 1.62 bits per heavy atom. The second kappa shape index (κ2) is 3.84. The van der Waals surface area contributed by atoms with Crippen LogP contribution in [0.3, 0.4) is 0 Å². The third-order valence-corrected chi connectivity index (χ3v) is 1.56. The van der Waals surface area contributed by atoms with Crippen molar-refractivity contribution in [2.75, 3.05) is 0 Å². The van der Waals surface area contributed by atoms with Gasteiger partial charge in [-0.2, -0.15) is 0 Å². The molecule has 0 aliphatic heterocycles. The van der Waals surface area contributed by atoms with Crippen LogP contribution >= 0.6 is 0 Å². The molecule has 6 nitrogen and oxygen atoms in total. The monoisotopic (exact) mass is 304 g/mol. The third-order valence-electron chi connectivity index (χ3n) is 1.56. The fourth-order valence-corrected chi connectivity index (χ4v) is 1.04. The normalized spacial score (nSPS) is 9.92. The first-order valence-electron chi connectivity index (χ1n) is 3.27. The molecule has 0 saturated heterocycles. The molecule has 0 aromatic carbocycles. The van der Waals surface area contributed by atoms with Crippen LogP contribution in [0.1, 0.15) is 1.43 Å². The van der Waals surface area contributed by atoms with Crippen LogP contribution in [-0.2, 0) is 7.05 Å². The maximum absolute atomic E-state index is 11.1. The van der Waals surface area contributed by atoms with Crippen molar-refractivity contribution >= 4 is 60.0 Å². The number of hydrogen-bond acceptors (Lipinski definition) is 3. The van der Waals surface area contributed by atoms with Gasteiger partial charge >= 0.3 is 48.9 Å². The van der Waals surface area contributed by atoms with Gasteiger partial charge in [0.15, 0.2) is 0 Å². The van der Waals surface area contributed by atoms with Crippen LogP contribution in [-0.4, -0.2) is 63.4 Å². The Kier molecular flexibility index (Phi) is 3.19. The van der Waals surface area contributed by atoms with E-state index in [0.29, 0.717) is 5.52 Å². The molecular formula is C6H6BaN4O2. The van der Waals surface area contributed by atoms with E-state index < -0.39 is 11.2 Å². The molecule has 64 valence electrons. The van der Waals surface area contributed by atoms with Crippen molar-refractivity contribution in [3.8, 4) is 0 Å². The largest absolute Gasteiger partial charge is 2.00 e. The van der Waals surface area contributed by atoms with Crippen molar-refractivity contribution in [1.82, 2.24) is 19.5 Å². The number of imidazole rings is 1. The number of nitrogens with zero attached hydrogens (tertiary/aromatic N) is 3. The van der Waals surface area contributed by atoms with E-state index in [4.69, 9.17) is 0 Å². The van der Waals surface area contributed by atoms with Gasteiger partial charge in [0.05, 0.1) is 0 Å². The smallest absolute Gasteiger partial charge is 1.00 e. The molecule has 7 heteroatoms. The predicted molar refractivity (Wildman–Crippen MR) is 47.8 cm³/mol. The SMILES string of the molecule is Cn1cnc2[n-]c(=O)[nH]c(=O)c21.[Ba+2].[H-]. The minimum atomic E-state index is -0.661. The van der Waals surface area contributed by atoms with Crippen LogP contribution in [0.25, 0.3) is 11.2 Å². The standard InChI is InChI=1S/C6H6N4O2.Ba.H/c1-10-2-7-4-3(10)5(11)9-6(12)8-4;;/h2H,1H3,(H2,8,9,11,12);;/q;+2;-1/p-1. The van der Waals surface area contributed by atoms with Gasteiger partial charge < -0.3 is 20.9 Å². The second-order valence-electron chi connectivity index (χ2n) is 2.40. The number of H-pyrrole nitrogens is 1. The zero-order chi connectivity index (χ0) is 8.72. The minimum absolute atomic E-state index is 0. The summed E-state index contributed by atoms with van der Waals surface area (Å²) in [6, 6.07) is 0. The molecule has 0 unspecified atom stereocenters. The van der Waals surface area contributed by atoms with Crippen LogP contribution in [0.2, 0.25) is 0 Å². The van der Waals surface area contributed by atoms with Gasteiger partial charge in [-0.3, -0.25) is 9.59 Å². The van der Waals surface area contributed by atoms with Crippen molar-refractivity contribution in [2.45, 2.75) is 0 Å². The minimum Gasteiger partial charge on any atom is -1.00 e. The number of aryl methyl sites for hydroxylation is 1. The fourth-order valence-electron chi connectivity index (χ4n) is 1.04. The van der Waals surface area contributed by atoms with Crippen molar-refractivity contribution in [1.29, 1.82) is 0 Å². The average molecular weight is 303 g/mol. The van der Waals surface area contributed by atoms with Crippen molar-refractivity contribution < 1.29 is 1.43 Å². The Morgan fingerprint density at radius 2 is 2.31 bits per heavy atom. The predicted octanol–water partition coefficient (Wildman–Crippen LogP) is -1.69. The topological polar surface area (TPSA) is 81.8 Å². The van der Waals surface area contributed by atoms with Crippen molar-refractivity contribution in [3.63, 3.8) is 0 Å². The van der Waals surface area contributed by atoms with E-state index in [1.165, 1.54) is 10.9 Å². The molecule has 0 aliphatic rings. The Balaban J connectivity index is 0.000000845. The van der Waals surface area contributed by atoms with Crippen LogP contribution in [0.15, 0.2) is 15.9 Å². The molecule has 1 N–H and O–H groups in total. The van der Waals surface area contributed by atoms with E-state index in [2.05, 4.69) is 15.0 Å². The molecule has 2 aromatic rings. The molecule has 0 aliphatic carbocycles. The van der Waals surface area contributed by atoms with Gasteiger partial charge in [-0.15, -0.1) is 0 Å². The van der Waals surface area contributed by atoms with E-state index in [1.807, 2.05) is 0 Å². The Labute approximate surface area is 114 Å². The molecule has 2 heterocycles. The summed E-state index contributed by atoms with van der Waals surface area (Å²) in [7, 11) is 1.66. The first kappa shape index (κ1) is 10.8. The summed E-state index contributed by atoms with van der Waals surface area (Å²) < 4.78 is 1.51. The number of rotatable bonds is 0. The molecule has 0 spiro atoms. The van der Waals surface area contributed by atoms with E-state index in [0.717, 1.165) is 0 Å². The maximum Gasteiger partial charge on any atom is 2.00 e. The summed E-state index contributed by atoms with van der Waals surface area (Å²) in [5.74, 6) is 0. The van der Waals surface area contributed by atoms with Crippen LogP contribution in [0.5, 0.6) is 0 Å². The van der Waals surface area contributed by atoms with Gasteiger partial charge in [-0.1, -0.05) is 0 Å². The molecule has 0 amide bonds. The fraction of sp³-hybridized carbons (Fsp3) is 0.167. The molecule has 0 fully saturated rings. The summed E-state index contributed by atoms with van der Waals surface area (Å²) in [4.78, 5) is 31.2. The number of aromatic amines is 1. The molecule has 0 bridgehead atoms. The van der Waals surface area contributed by atoms with Crippen molar-refractivity contribution in [3.05, 3.63) is 27.2 Å². The molecule has 2 aromatic heterocycles. The van der Waals surface area contributed by atoms with E-state index >= 15 is 0 Å². The van der Waals surface area contributed by atoms with Gasteiger partial charge in [0.25, 0.3) is 0 Å². The summed E-state index contributed by atoms with van der Waals surface area (Å²) in [6.07, 6.45) is 1.44. The van der Waals surface area contributed by atoms with E-state index in [1.54, 1.807) is 7.05 Å². The number of nitrogens with one attached hydrogen (secondary N) is 1. The zero-order valence-corrected chi connectivity index (χ0v) is 11.4. The third kappa shape index (κ3) is 1.81. The molecule has 0 radical (unpaired) electrons.